The lowest BCUT2D eigenvalue weighted by atomic mass is 10.0. The van der Waals surface area contributed by atoms with Gasteiger partial charge in [-0.25, -0.2) is 0 Å². The first-order valence-corrected chi connectivity index (χ1v) is 6.31. The Morgan fingerprint density at radius 2 is 1.74 bits per heavy atom. The number of Topliss-reactive ketones (excluding diaryl/α,β-unsaturated/α-hetero) is 1. The standard InChI is InChI=1S/C14H18F3NO/c1-3-18(4-2)10-9-13(19)11-7-5-6-8-12(11)14(15,16)17/h5-8H,3-4,9-10H2,1-2H3. The highest BCUT2D eigenvalue weighted by molar-refractivity contribution is 5.97. The van der Waals surface area contributed by atoms with Crippen LogP contribution in [-0.2, 0) is 6.18 Å². The Hall–Kier alpha value is -1.36. The van der Waals surface area contributed by atoms with Gasteiger partial charge in [0, 0.05) is 18.5 Å². The second-order valence-corrected chi connectivity index (χ2v) is 4.24. The molecule has 1 aromatic carbocycles. The molecule has 0 N–H and O–H groups in total. The Balaban J connectivity index is 2.83. The monoisotopic (exact) mass is 273 g/mol. The number of benzene rings is 1. The van der Waals surface area contributed by atoms with E-state index in [1.54, 1.807) is 0 Å². The number of alkyl halides is 3. The van der Waals surface area contributed by atoms with Gasteiger partial charge >= 0.3 is 6.18 Å². The quantitative estimate of drug-likeness (QED) is 0.738. The fourth-order valence-corrected chi connectivity index (χ4v) is 1.91. The largest absolute Gasteiger partial charge is 0.417 e. The highest BCUT2D eigenvalue weighted by Crippen LogP contribution is 2.32. The summed E-state index contributed by atoms with van der Waals surface area (Å²) in [5.41, 5.74) is -1.08. The molecule has 0 atom stereocenters. The van der Waals surface area contributed by atoms with E-state index in [9.17, 15) is 18.0 Å². The Labute approximate surface area is 111 Å². The molecule has 0 radical (unpaired) electrons. The van der Waals surface area contributed by atoms with Gasteiger partial charge in [-0.1, -0.05) is 32.0 Å². The zero-order chi connectivity index (χ0) is 14.5. The maximum atomic E-state index is 12.8. The number of hydrogen-bond donors (Lipinski definition) is 0. The van der Waals surface area contributed by atoms with E-state index >= 15 is 0 Å². The Morgan fingerprint density at radius 3 is 2.26 bits per heavy atom. The number of nitrogens with zero attached hydrogens (tertiary/aromatic N) is 1. The molecule has 2 nitrogen and oxygen atoms in total. The molecule has 0 aromatic heterocycles. The number of ketones is 1. The van der Waals surface area contributed by atoms with E-state index in [-0.39, 0.29) is 12.0 Å². The van der Waals surface area contributed by atoms with E-state index in [1.165, 1.54) is 18.2 Å². The minimum atomic E-state index is -4.48. The first-order chi connectivity index (χ1) is 8.90. The molecular formula is C14H18F3NO. The van der Waals surface area contributed by atoms with Gasteiger partial charge in [-0.3, -0.25) is 4.79 Å². The highest BCUT2D eigenvalue weighted by Gasteiger charge is 2.34. The van der Waals surface area contributed by atoms with Crippen LogP contribution in [0.15, 0.2) is 24.3 Å². The molecule has 0 bridgehead atoms. The summed E-state index contributed by atoms with van der Waals surface area (Å²) in [5, 5.41) is 0. The minimum absolute atomic E-state index is 0.106. The van der Waals surface area contributed by atoms with E-state index in [1.807, 2.05) is 18.7 Å². The summed E-state index contributed by atoms with van der Waals surface area (Å²) in [6.07, 6.45) is -4.38. The smallest absolute Gasteiger partial charge is 0.303 e. The van der Waals surface area contributed by atoms with Gasteiger partial charge < -0.3 is 4.90 Å². The summed E-state index contributed by atoms with van der Waals surface area (Å²) >= 11 is 0. The van der Waals surface area contributed by atoms with Gasteiger partial charge in [0.15, 0.2) is 5.78 Å². The molecule has 0 saturated carbocycles. The third-order valence-corrected chi connectivity index (χ3v) is 3.08. The summed E-state index contributed by atoms with van der Waals surface area (Å²) < 4.78 is 38.3. The van der Waals surface area contributed by atoms with Crippen molar-refractivity contribution in [3.8, 4) is 0 Å². The zero-order valence-corrected chi connectivity index (χ0v) is 11.1. The van der Waals surface area contributed by atoms with Crippen LogP contribution < -0.4 is 0 Å². The van der Waals surface area contributed by atoms with Crippen LogP contribution in [-0.4, -0.2) is 30.3 Å². The van der Waals surface area contributed by atoms with E-state index in [0.717, 1.165) is 19.2 Å². The first kappa shape index (κ1) is 15.7. The summed E-state index contributed by atoms with van der Waals surface area (Å²) in [4.78, 5) is 13.9. The van der Waals surface area contributed by atoms with Crippen molar-refractivity contribution in [2.24, 2.45) is 0 Å². The molecule has 0 spiro atoms. The number of carbonyl (C=O) groups excluding carboxylic acids is 1. The predicted octanol–water partition coefficient (Wildman–Crippen LogP) is 3.62. The van der Waals surface area contributed by atoms with Crippen LogP contribution in [0.3, 0.4) is 0 Å². The molecule has 1 rings (SSSR count). The molecular weight excluding hydrogens is 255 g/mol. The van der Waals surface area contributed by atoms with Crippen LogP contribution in [0.25, 0.3) is 0 Å². The molecule has 5 heteroatoms. The van der Waals surface area contributed by atoms with Gasteiger partial charge in [-0.15, -0.1) is 0 Å². The van der Waals surface area contributed by atoms with Crippen molar-refractivity contribution in [2.75, 3.05) is 19.6 Å². The number of hydrogen-bond acceptors (Lipinski definition) is 2. The molecule has 0 fully saturated rings. The van der Waals surface area contributed by atoms with Crippen LogP contribution >= 0.6 is 0 Å². The van der Waals surface area contributed by atoms with Gasteiger partial charge in [0.1, 0.15) is 0 Å². The maximum absolute atomic E-state index is 12.8. The van der Waals surface area contributed by atoms with Crippen LogP contribution in [0.5, 0.6) is 0 Å². The van der Waals surface area contributed by atoms with Gasteiger partial charge in [0.05, 0.1) is 5.56 Å². The molecule has 0 heterocycles. The Kier molecular flexibility index (Phi) is 5.54. The van der Waals surface area contributed by atoms with Gasteiger partial charge in [0.25, 0.3) is 0 Å². The van der Waals surface area contributed by atoms with Crippen molar-refractivity contribution in [3.63, 3.8) is 0 Å². The summed E-state index contributed by atoms with van der Waals surface area (Å²) in [6, 6.07) is 4.95. The average molecular weight is 273 g/mol. The SMILES string of the molecule is CCN(CC)CCC(=O)c1ccccc1C(F)(F)F. The fourth-order valence-electron chi connectivity index (χ4n) is 1.91. The van der Waals surface area contributed by atoms with E-state index in [2.05, 4.69) is 0 Å². The molecule has 0 saturated heterocycles. The number of carbonyl (C=O) groups is 1. The fraction of sp³-hybridized carbons (Fsp3) is 0.500. The van der Waals surface area contributed by atoms with Gasteiger partial charge in [-0.2, -0.15) is 13.2 Å². The molecule has 0 unspecified atom stereocenters. The van der Waals surface area contributed by atoms with Crippen molar-refractivity contribution in [1.29, 1.82) is 0 Å². The van der Waals surface area contributed by atoms with Crippen LogP contribution in [0.1, 0.15) is 36.2 Å². The minimum Gasteiger partial charge on any atom is -0.303 e. The van der Waals surface area contributed by atoms with Crippen LogP contribution in [0.2, 0.25) is 0 Å². The Bertz CT molecular complexity index is 425. The average Bonchev–Trinajstić information content (AvgIpc) is 2.38. The predicted molar refractivity (Wildman–Crippen MR) is 68.2 cm³/mol. The Morgan fingerprint density at radius 1 is 1.16 bits per heavy atom. The maximum Gasteiger partial charge on any atom is 0.417 e. The molecule has 0 aliphatic rings. The third-order valence-electron chi connectivity index (χ3n) is 3.08. The second kappa shape index (κ2) is 6.70. The number of halogens is 3. The summed E-state index contributed by atoms with van der Waals surface area (Å²) in [7, 11) is 0. The topological polar surface area (TPSA) is 20.3 Å². The lowest BCUT2D eigenvalue weighted by Gasteiger charge is -2.18. The lowest BCUT2D eigenvalue weighted by molar-refractivity contribution is -0.137. The van der Waals surface area contributed by atoms with Crippen molar-refractivity contribution in [3.05, 3.63) is 35.4 Å². The molecule has 19 heavy (non-hydrogen) atoms. The first-order valence-electron chi connectivity index (χ1n) is 6.31. The molecule has 0 amide bonds. The van der Waals surface area contributed by atoms with E-state index in [0.29, 0.717) is 6.54 Å². The van der Waals surface area contributed by atoms with Gasteiger partial charge in [0.2, 0.25) is 0 Å². The molecule has 0 aliphatic carbocycles. The molecule has 1 aromatic rings. The van der Waals surface area contributed by atoms with Crippen molar-refractivity contribution >= 4 is 5.78 Å². The second-order valence-electron chi connectivity index (χ2n) is 4.24. The van der Waals surface area contributed by atoms with Crippen molar-refractivity contribution in [2.45, 2.75) is 26.4 Å². The van der Waals surface area contributed by atoms with Crippen molar-refractivity contribution in [1.82, 2.24) is 4.90 Å². The highest BCUT2D eigenvalue weighted by atomic mass is 19.4. The lowest BCUT2D eigenvalue weighted by Crippen LogP contribution is -2.26. The van der Waals surface area contributed by atoms with Crippen molar-refractivity contribution < 1.29 is 18.0 Å². The third kappa shape index (κ3) is 4.35. The number of rotatable bonds is 6. The van der Waals surface area contributed by atoms with Crippen LogP contribution in [0, 0.1) is 0 Å². The van der Waals surface area contributed by atoms with E-state index in [4.69, 9.17) is 0 Å². The molecule has 0 aliphatic heterocycles. The zero-order valence-electron chi connectivity index (χ0n) is 11.1. The normalized spacial score (nSPS) is 11.9. The van der Waals surface area contributed by atoms with Gasteiger partial charge in [-0.05, 0) is 19.2 Å². The van der Waals surface area contributed by atoms with E-state index < -0.39 is 17.5 Å². The summed E-state index contributed by atoms with van der Waals surface area (Å²) in [5.74, 6) is -0.458. The van der Waals surface area contributed by atoms with Crippen LogP contribution in [0.4, 0.5) is 13.2 Å². The molecule has 106 valence electrons. The summed E-state index contributed by atoms with van der Waals surface area (Å²) in [6.45, 7) is 5.96.